The van der Waals surface area contributed by atoms with Crippen LogP contribution in [0.15, 0.2) is 28.7 Å². The Morgan fingerprint density at radius 2 is 2.13 bits per heavy atom. The smallest absolute Gasteiger partial charge is 0.334 e. The molecular weight excluding hydrogens is 366 g/mol. The van der Waals surface area contributed by atoms with E-state index in [2.05, 4.69) is 15.9 Å². The molecule has 7 heteroatoms. The van der Waals surface area contributed by atoms with Crippen LogP contribution >= 0.6 is 15.9 Å². The van der Waals surface area contributed by atoms with Gasteiger partial charge in [-0.3, -0.25) is 4.79 Å². The van der Waals surface area contributed by atoms with Gasteiger partial charge < -0.3 is 19.5 Å². The van der Waals surface area contributed by atoms with Crippen molar-refractivity contribution in [2.24, 2.45) is 0 Å². The van der Waals surface area contributed by atoms with Crippen LogP contribution in [0, 0.1) is 0 Å². The first-order chi connectivity index (χ1) is 11.0. The molecule has 1 unspecified atom stereocenters. The van der Waals surface area contributed by atoms with Gasteiger partial charge in [-0.25, -0.2) is 4.79 Å². The molecular formula is C16H20BrNO5. The Labute approximate surface area is 143 Å². The van der Waals surface area contributed by atoms with E-state index in [9.17, 15) is 9.59 Å². The first-order valence-electron chi connectivity index (χ1n) is 7.50. The number of carbonyl (C=O) groups excluding carboxylic acids is 1. The number of carboxylic acids is 1. The highest BCUT2D eigenvalue weighted by Crippen LogP contribution is 2.24. The number of amides is 1. The highest BCUT2D eigenvalue weighted by atomic mass is 79.9. The van der Waals surface area contributed by atoms with Gasteiger partial charge in [0.1, 0.15) is 5.75 Å². The number of hydrogen-bond donors (Lipinski definition) is 1. The zero-order valence-electron chi connectivity index (χ0n) is 12.9. The molecule has 23 heavy (non-hydrogen) atoms. The largest absolute Gasteiger partial charge is 0.492 e. The molecule has 1 heterocycles. The van der Waals surface area contributed by atoms with E-state index in [4.69, 9.17) is 14.6 Å². The number of benzene rings is 1. The van der Waals surface area contributed by atoms with Crippen LogP contribution < -0.4 is 4.74 Å². The molecule has 0 radical (unpaired) electrons. The van der Waals surface area contributed by atoms with Crippen molar-refractivity contribution in [2.75, 3.05) is 19.7 Å². The summed E-state index contributed by atoms with van der Waals surface area (Å²) in [5, 5.41) is 9.03. The van der Waals surface area contributed by atoms with Crippen molar-refractivity contribution < 1.29 is 24.2 Å². The predicted octanol–water partition coefficient (Wildman–Crippen LogP) is 2.31. The number of halogens is 1. The molecule has 0 bridgehead atoms. The maximum absolute atomic E-state index is 12.2. The summed E-state index contributed by atoms with van der Waals surface area (Å²) in [6.45, 7) is 2.72. The van der Waals surface area contributed by atoms with Crippen molar-refractivity contribution in [3.8, 4) is 5.75 Å². The SMILES string of the molecule is C[C@@H]1CN(C(=O)CCCOc2ccccc2Br)CC(C(=O)O)O1. The molecule has 126 valence electrons. The Kier molecular flexibility index (Phi) is 6.41. The Hall–Kier alpha value is -1.60. The first-order valence-corrected chi connectivity index (χ1v) is 8.30. The summed E-state index contributed by atoms with van der Waals surface area (Å²) >= 11 is 3.40. The van der Waals surface area contributed by atoms with E-state index in [1.165, 1.54) is 0 Å². The Balaban J connectivity index is 1.76. The molecule has 1 aromatic rings. The number of ether oxygens (including phenoxy) is 2. The quantitative estimate of drug-likeness (QED) is 0.760. The summed E-state index contributed by atoms with van der Waals surface area (Å²) < 4.78 is 11.8. The van der Waals surface area contributed by atoms with E-state index in [-0.39, 0.29) is 18.6 Å². The Bertz CT molecular complexity index is 565. The normalized spacial score (nSPS) is 21.0. The van der Waals surface area contributed by atoms with Gasteiger partial charge >= 0.3 is 5.97 Å². The molecule has 1 aliphatic rings. The molecule has 1 amide bonds. The fourth-order valence-corrected chi connectivity index (χ4v) is 2.82. The second kappa shape index (κ2) is 8.31. The molecule has 0 saturated carbocycles. The zero-order valence-corrected chi connectivity index (χ0v) is 14.5. The third-order valence-corrected chi connectivity index (χ3v) is 4.17. The van der Waals surface area contributed by atoms with Crippen LogP contribution in [0.3, 0.4) is 0 Å². The molecule has 0 spiro atoms. The van der Waals surface area contributed by atoms with E-state index in [0.29, 0.717) is 26.0 Å². The van der Waals surface area contributed by atoms with Gasteiger partial charge in [0.05, 0.1) is 23.7 Å². The lowest BCUT2D eigenvalue weighted by atomic mass is 10.2. The van der Waals surface area contributed by atoms with Crippen molar-refractivity contribution in [1.82, 2.24) is 4.90 Å². The number of aliphatic carboxylic acids is 1. The van der Waals surface area contributed by atoms with Crippen LogP contribution in [0.4, 0.5) is 0 Å². The van der Waals surface area contributed by atoms with Gasteiger partial charge in [0.15, 0.2) is 6.10 Å². The second-order valence-electron chi connectivity index (χ2n) is 5.45. The van der Waals surface area contributed by atoms with Crippen molar-refractivity contribution in [1.29, 1.82) is 0 Å². The van der Waals surface area contributed by atoms with Crippen LogP contribution in [-0.4, -0.2) is 53.8 Å². The third-order valence-electron chi connectivity index (χ3n) is 3.52. The molecule has 1 aliphatic heterocycles. The summed E-state index contributed by atoms with van der Waals surface area (Å²) in [4.78, 5) is 24.8. The molecule has 1 N–H and O–H groups in total. The van der Waals surface area contributed by atoms with Gasteiger partial charge in [-0.1, -0.05) is 12.1 Å². The van der Waals surface area contributed by atoms with Gasteiger partial charge in [0.25, 0.3) is 0 Å². The van der Waals surface area contributed by atoms with E-state index in [0.717, 1.165) is 10.2 Å². The van der Waals surface area contributed by atoms with Crippen molar-refractivity contribution in [3.63, 3.8) is 0 Å². The molecule has 0 aliphatic carbocycles. The van der Waals surface area contributed by atoms with Crippen molar-refractivity contribution >= 4 is 27.8 Å². The number of carboxylic acid groups (broad SMARTS) is 1. The van der Waals surface area contributed by atoms with E-state index < -0.39 is 12.1 Å². The van der Waals surface area contributed by atoms with Gasteiger partial charge in [-0.2, -0.15) is 0 Å². The molecule has 1 aromatic carbocycles. The van der Waals surface area contributed by atoms with E-state index >= 15 is 0 Å². The minimum absolute atomic E-state index is 0.0675. The third kappa shape index (κ3) is 5.21. The Morgan fingerprint density at radius 3 is 2.83 bits per heavy atom. The van der Waals surface area contributed by atoms with Gasteiger partial charge in [0, 0.05) is 13.0 Å². The first kappa shape index (κ1) is 17.7. The summed E-state index contributed by atoms with van der Waals surface area (Å²) in [5.41, 5.74) is 0. The average Bonchev–Trinajstić information content (AvgIpc) is 2.52. The maximum Gasteiger partial charge on any atom is 0.334 e. The molecule has 2 atom stereocenters. The summed E-state index contributed by atoms with van der Waals surface area (Å²) in [6, 6.07) is 7.53. The maximum atomic E-state index is 12.2. The van der Waals surface area contributed by atoms with Crippen molar-refractivity contribution in [2.45, 2.75) is 32.0 Å². The monoisotopic (exact) mass is 385 g/mol. The van der Waals surface area contributed by atoms with Crippen LogP contribution in [-0.2, 0) is 14.3 Å². The summed E-state index contributed by atoms with van der Waals surface area (Å²) in [5.74, 6) is -0.361. The van der Waals surface area contributed by atoms with Gasteiger partial charge in [-0.05, 0) is 41.4 Å². The average molecular weight is 386 g/mol. The lowest BCUT2D eigenvalue weighted by Gasteiger charge is -2.35. The molecule has 1 saturated heterocycles. The number of morpholine rings is 1. The number of para-hydroxylation sites is 1. The standard InChI is InChI=1S/C16H20BrNO5/c1-11-9-18(10-14(23-11)16(20)21)15(19)7-4-8-22-13-6-3-2-5-12(13)17/h2-3,5-6,11,14H,4,7-10H2,1H3,(H,20,21)/t11-,14?/m1/s1. The van der Waals surface area contributed by atoms with Crippen LogP contribution in [0.2, 0.25) is 0 Å². The van der Waals surface area contributed by atoms with E-state index in [1.807, 2.05) is 24.3 Å². The number of carbonyl (C=O) groups is 2. The van der Waals surface area contributed by atoms with Gasteiger partial charge in [0.2, 0.25) is 5.91 Å². The van der Waals surface area contributed by atoms with E-state index in [1.54, 1.807) is 11.8 Å². The topological polar surface area (TPSA) is 76.1 Å². The minimum atomic E-state index is -1.04. The highest BCUT2D eigenvalue weighted by molar-refractivity contribution is 9.10. The lowest BCUT2D eigenvalue weighted by Crippen LogP contribution is -2.51. The van der Waals surface area contributed by atoms with Crippen molar-refractivity contribution in [3.05, 3.63) is 28.7 Å². The number of hydrogen-bond acceptors (Lipinski definition) is 4. The predicted molar refractivity (Wildman–Crippen MR) is 87.4 cm³/mol. The minimum Gasteiger partial charge on any atom is -0.492 e. The van der Waals surface area contributed by atoms with Crippen LogP contribution in [0.1, 0.15) is 19.8 Å². The van der Waals surface area contributed by atoms with Gasteiger partial charge in [-0.15, -0.1) is 0 Å². The molecule has 2 rings (SSSR count). The fourth-order valence-electron chi connectivity index (χ4n) is 2.42. The highest BCUT2D eigenvalue weighted by Gasteiger charge is 2.32. The summed E-state index contributed by atoms with van der Waals surface area (Å²) in [6.07, 6.45) is -0.322. The lowest BCUT2D eigenvalue weighted by molar-refractivity contribution is -0.166. The Morgan fingerprint density at radius 1 is 1.39 bits per heavy atom. The number of nitrogens with zero attached hydrogens (tertiary/aromatic N) is 1. The number of rotatable bonds is 6. The molecule has 1 fully saturated rings. The van der Waals surface area contributed by atoms with Crippen LogP contribution in [0.5, 0.6) is 5.75 Å². The zero-order chi connectivity index (χ0) is 16.8. The molecule has 6 nitrogen and oxygen atoms in total. The summed E-state index contributed by atoms with van der Waals surface area (Å²) in [7, 11) is 0. The van der Waals surface area contributed by atoms with Crippen LogP contribution in [0.25, 0.3) is 0 Å². The fraction of sp³-hybridized carbons (Fsp3) is 0.500. The second-order valence-corrected chi connectivity index (χ2v) is 6.31. The molecule has 0 aromatic heterocycles.